The lowest BCUT2D eigenvalue weighted by molar-refractivity contribution is -0.199. The molecule has 0 spiro atoms. The number of thioether (sulfide) groups is 1. The van der Waals surface area contributed by atoms with Gasteiger partial charge in [-0.2, -0.15) is 0 Å². The molecule has 5 aliphatic carbocycles. The van der Waals surface area contributed by atoms with Crippen LogP contribution >= 0.6 is 11.8 Å². The third-order valence-corrected chi connectivity index (χ3v) is 12.7. The van der Waals surface area contributed by atoms with Crippen molar-refractivity contribution in [2.24, 2.45) is 44.2 Å². The van der Waals surface area contributed by atoms with Gasteiger partial charge in [-0.15, -0.1) is 0 Å². The number of hydrogen-bond donors (Lipinski definition) is 2. The van der Waals surface area contributed by atoms with Crippen molar-refractivity contribution in [3.8, 4) is 0 Å². The molecule has 0 saturated heterocycles. The number of benzene rings is 1. The van der Waals surface area contributed by atoms with Crippen LogP contribution < -0.4 is 5.73 Å². The molecule has 232 valence electrons. The van der Waals surface area contributed by atoms with E-state index in [1.807, 2.05) is 6.92 Å². The Hall–Kier alpha value is -2.56. The zero-order valence-electron chi connectivity index (χ0n) is 25.1. The van der Waals surface area contributed by atoms with Gasteiger partial charge >= 0.3 is 5.97 Å². The Morgan fingerprint density at radius 1 is 1.23 bits per heavy atom. The Morgan fingerprint density at radius 3 is 2.60 bits per heavy atom. The fraction of sp³-hybridized carbons (Fsp3) is 0.606. The van der Waals surface area contributed by atoms with Gasteiger partial charge in [0.05, 0.1) is 17.5 Å². The predicted octanol–water partition coefficient (Wildman–Crippen LogP) is 5.79. The van der Waals surface area contributed by atoms with Crippen LogP contribution in [0, 0.1) is 39.3 Å². The quantitative estimate of drug-likeness (QED) is 0.390. The molecule has 7 nitrogen and oxygen atoms in total. The third kappa shape index (κ3) is 3.94. The minimum absolute atomic E-state index is 0.0108. The molecule has 43 heavy (non-hydrogen) atoms. The number of aliphatic imine (C=N–C) groups is 1. The number of nitrogens with two attached hydrogens (primary N) is 1. The van der Waals surface area contributed by atoms with Gasteiger partial charge in [0, 0.05) is 23.4 Å². The first kappa shape index (κ1) is 30.5. The van der Waals surface area contributed by atoms with Crippen LogP contribution in [0.2, 0.25) is 0 Å². The number of nitrogens with zero attached hydrogens (tertiary/aromatic N) is 1. The van der Waals surface area contributed by atoms with Crippen LogP contribution in [-0.2, 0) is 19.1 Å². The molecular weight excluding hydrogens is 574 g/mol. The minimum Gasteiger partial charge on any atom is -0.448 e. The van der Waals surface area contributed by atoms with E-state index in [4.69, 9.17) is 20.2 Å². The van der Waals surface area contributed by atoms with Gasteiger partial charge in [-0.1, -0.05) is 26.3 Å². The minimum atomic E-state index is -1.54. The van der Waals surface area contributed by atoms with Crippen molar-refractivity contribution in [3.05, 3.63) is 53.5 Å². The molecule has 8 atom stereocenters. The van der Waals surface area contributed by atoms with E-state index in [0.717, 1.165) is 24.1 Å². The molecule has 3 N–H and O–H groups in total. The van der Waals surface area contributed by atoms with Crippen molar-refractivity contribution < 1.29 is 33.0 Å². The molecule has 4 saturated carbocycles. The van der Waals surface area contributed by atoms with E-state index in [0.29, 0.717) is 30.3 Å². The summed E-state index contributed by atoms with van der Waals surface area (Å²) in [6.07, 6.45) is 6.28. The number of ether oxygens (including phenoxy) is 2. The molecule has 0 bridgehead atoms. The van der Waals surface area contributed by atoms with Crippen LogP contribution in [0.4, 0.5) is 14.5 Å². The normalized spacial score (nSPS) is 42.9. The van der Waals surface area contributed by atoms with Crippen LogP contribution in [-0.4, -0.2) is 53.3 Å². The number of carbonyl (C=O) groups is 2. The number of alkyl halides is 1. The maximum absolute atomic E-state index is 13.7. The molecule has 2 unspecified atom stereocenters. The zero-order chi connectivity index (χ0) is 31.0. The Labute approximate surface area is 255 Å². The second-order valence-corrected chi connectivity index (χ2v) is 14.6. The first-order valence-electron chi connectivity index (χ1n) is 15.0. The molecule has 5 aliphatic rings. The van der Waals surface area contributed by atoms with Gasteiger partial charge in [0.15, 0.2) is 5.60 Å². The highest BCUT2D eigenvalue weighted by Crippen LogP contribution is 2.90. The van der Waals surface area contributed by atoms with E-state index < -0.39 is 45.0 Å². The molecule has 0 radical (unpaired) electrons. The molecular formula is C33H40F2N2O5S. The van der Waals surface area contributed by atoms with E-state index in [-0.39, 0.29) is 42.5 Å². The van der Waals surface area contributed by atoms with Gasteiger partial charge < -0.3 is 20.3 Å². The molecule has 1 aromatic rings. The van der Waals surface area contributed by atoms with Crippen LogP contribution in [0.1, 0.15) is 59.3 Å². The summed E-state index contributed by atoms with van der Waals surface area (Å²) in [6, 6.07) is 5.12. The molecule has 6 rings (SSSR count). The van der Waals surface area contributed by atoms with E-state index in [2.05, 4.69) is 19.9 Å². The lowest BCUT2D eigenvalue weighted by Crippen LogP contribution is -2.63. The van der Waals surface area contributed by atoms with Gasteiger partial charge in [-0.25, -0.2) is 18.6 Å². The smallest absolute Gasteiger partial charge is 0.333 e. The molecule has 10 heteroatoms. The van der Waals surface area contributed by atoms with Crippen LogP contribution in [0.15, 0.2) is 52.7 Å². The second kappa shape index (κ2) is 10.2. The standard InChI is InChI=1S/C33H40F2N2O5S/c1-19-12-31-17-32(31,29(2)13-20(15-36)24(11-23(19)29)37-22-7-5-21(35)6-8-22)26(38)14-30(3)25(31)9-10-33(30,28(40)43-18-34)42-27(39)16-41-4/h5-8,11,15,19,25-26,38H,9-10,12-14,16-18,36H2,1-4H3/t19-,25?,26-,29-,30-,31+,32?,33-/m0/s1. The number of allylic oxidation sites excluding steroid dienone is 3. The van der Waals surface area contributed by atoms with Gasteiger partial charge in [-0.3, -0.25) is 4.79 Å². The average molecular weight is 615 g/mol. The third-order valence-electron chi connectivity index (χ3n) is 12.0. The SMILES string of the molecule is COCC(=O)O[C@]1(C(=O)SCF)CCC2[C@]34C[C@H](C)C5=CC(=Nc6ccc(F)cc6)C(=CN)C[C@]5(C)C3(C4)[C@@H](O)C[C@@]21C. The molecule has 1 aromatic carbocycles. The monoisotopic (exact) mass is 614 g/mol. The Bertz CT molecular complexity index is 1450. The van der Waals surface area contributed by atoms with Gasteiger partial charge in [0.25, 0.3) is 0 Å². The molecule has 0 amide bonds. The molecule has 0 aliphatic heterocycles. The van der Waals surface area contributed by atoms with E-state index >= 15 is 0 Å². The Kier molecular flexibility index (Phi) is 7.26. The van der Waals surface area contributed by atoms with Gasteiger partial charge in [0.2, 0.25) is 5.12 Å². The predicted molar refractivity (Wildman–Crippen MR) is 161 cm³/mol. The summed E-state index contributed by atoms with van der Waals surface area (Å²) in [4.78, 5) is 31.3. The Balaban J connectivity index is 1.43. The number of methoxy groups -OCH3 is 1. The lowest BCUT2D eigenvalue weighted by atomic mass is 9.43. The lowest BCUT2D eigenvalue weighted by Gasteiger charge is -2.61. The summed E-state index contributed by atoms with van der Waals surface area (Å²) < 4.78 is 38.1. The fourth-order valence-corrected chi connectivity index (χ4v) is 11.2. The van der Waals surface area contributed by atoms with Gasteiger partial charge in [0.1, 0.15) is 18.4 Å². The van der Waals surface area contributed by atoms with Crippen molar-refractivity contribution in [1.82, 2.24) is 0 Å². The van der Waals surface area contributed by atoms with E-state index in [1.54, 1.807) is 18.3 Å². The number of aliphatic hydroxyl groups excluding tert-OH is 1. The summed E-state index contributed by atoms with van der Waals surface area (Å²) in [6.45, 7) is 6.08. The maximum atomic E-state index is 13.7. The van der Waals surface area contributed by atoms with E-state index in [1.165, 1.54) is 24.8 Å². The molecule has 4 fully saturated rings. The van der Waals surface area contributed by atoms with Crippen LogP contribution in [0.3, 0.4) is 0 Å². The topological polar surface area (TPSA) is 111 Å². The fourth-order valence-electron chi connectivity index (χ4n) is 10.5. The second-order valence-electron chi connectivity index (χ2n) is 13.7. The highest BCUT2D eigenvalue weighted by Gasteiger charge is 2.88. The van der Waals surface area contributed by atoms with Crippen molar-refractivity contribution in [3.63, 3.8) is 0 Å². The summed E-state index contributed by atoms with van der Waals surface area (Å²) in [5.74, 6) is -0.854. The number of aliphatic hydroxyl groups is 1. The summed E-state index contributed by atoms with van der Waals surface area (Å²) in [5, 5.41) is 11.8. The number of fused-ring (bicyclic) bond motifs is 2. The van der Waals surface area contributed by atoms with Gasteiger partial charge in [-0.05, 0) is 110 Å². The summed E-state index contributed by atoms with van der Waals surface area (Å²) in [7, 11) is 1.38. The van der Waals surface area contributed by atoms with Crippen LogP contribution in [0.25, 0.3) is 0 Å². The van der Waals surface area contributed by atoms with Crippen LogP contribution in [0.5, 0.6) is 0 Å². The largest absolute Gasteiger partial charge is 0.448 e. The number of carbonyl (C=O) groups excluding carboxylic acids is 2. The number of halogens is 2. The zero-order valence-corrected chi connectivity index (χ0v) is 25.9. The summed E-state index contributed by atoms with van der Waals surface area (Å²) >= 11 is 0.536. The number of rotatable bonds is 6. The first-order valence-corrected chi connectivity index (χ1v) is 16.0. The average Bonchev–Trinajstić information content (AvgIpc) is 3.57. The Morgan fingerprint density at radius 2 is 1.95 bits per heavy atom. The van der Waals surface area contributed by atoms with Crippen molar-refractivity contribution in [2.45, 2.75) is 71.0 Å². The van der Waals surface area contributed by atoms with Crippen molar-refractivity contribution >= 4 is 34.2 Å². The molecule has 0 aromatic heterocycles. The number of esters is 1. The van der Waals surface area contributed by atoms with Crippen molar-refractivity contribution in [2.75, 3.05) is 19.7 Å². The van der Waals surface area contributed by atoms with Crippen molar-refractivity contribution in [1.29, 1.82) is 0 Å². The highest BCUT2D eigenvalue weighted by atomic mass is 32.2. The number of hydrogen-bond acceptors (Lipinski definition) is 8. The molecule has 0 heterocycles. The first-order chi connectivity index (χ1) is 20.4. The van der Waals surface area contributed by atoms with E-state index in [9.17, 15) is 23.5 Å². The summed E-state index contributed by atoms with van der Waals surface area (Å²) in [5.41, 5.74) is 6.07. The highest BCUT2D eigenvalue weighted by molar-refractivity contribution is 8.13. The maximum Gasteiger partial charge on any atom is 0.333 e.